The highest BCUT2D eigenvalue weighted by Crippen LogP contribution is 2.40. The van der Waals surface area contributed by atoms with Crippen LogP contribution in [0.3, 0.4) is 0 Å². The van der Waals surface area contributed by atoms with E-state index in [-0.39, 0.29) is 17.1 Å². The van der Waals surface area contributed by atoms with E-state index in [1.807, 2.05) is 25.1 Å². The monoisotopic (exact) mass is 391 g/mol. The predicted molar refractivity (Wildman–Crippen MR) is 110 cm³/mol. The number of carbonyl (C=O) groups is 2. The fourth-order valence-electron chi connectivity index (χ4n) is 4.43. The number of aryl methyl sites for hydroxylation is 2. The number of aromatic hydroxyl groups is 1. The van der Waals surface area contributed by atoms with Crippen LogP contribution >= 0.6 is 0 Å². The van der Waals surface area contributed by atoms with Gasteiger partial charge in [0.2, 0.25) is 0 Å². The summed E-state index contributed by atoms with van der Waals surface area (Å²) in [5.41, 5.74) is 3.73. The molecule has 0 spiro atoms. The molecule has 0 radical (unpaired) electrons. The van der Waals surface area contributed by atoms with Crippen LogP contribution in [0.5, 0.6) is 5.75 Å². The van der Waals surface area contributed by atoms with Gasteiger partial charge in [-0.25, -0.2) is 0 Å². The van der Waals surface area contributed by atoms with Crippen LogP contribution in [0.1, 0.15) is 54.5 Å². The van der Waals surface area contributed by atoms with E-state index in [2.05, 4.69) is 0 Å². The maximum absolute atomic E-state index is 12.9. The van der Waals surface area contributed by atoms with Gasteiger partial charge in [-0.3, -0.25) is 9.59 Å². The van der Waals surface area contributed by atoms with Crippen molar-refractivity contribution in [1.82, 2.24) is 4.90 Å². The number of phenolic OH excluding ortho intramolecular Hbond substituents is 1. The quantitative estimate of drug-likeness (QED) is 0.467. The van der Waals surface area contributed by atoms with E-state index in [1.54, 1.807) is 24.3 Å². The van der Waals surface area contributed by atoms with E-state index >= 15 is 0 Å². The van der Waals surface area contributed by atoms with Crippen molar-refractivity contribution < 1.29 is 19.8 Å². The van der Waals surface area contributed by atoms with Crippen molar-refractivity contribution in [1.29, 1.82) is 0 Å². The zero-order valence-corrected chi connectivity index (χ0v) is 16.5. The molecule has 0 bridgehead atoms. The van der Waals surface area contributed by atoms with Gasteiger partial charge in [0, 0.05) is 12.1 Å². The van der Waals surface area contributed by atoms with Gasteiger partial charge in [-0.05, 0) is 67.0 Å². The number of ketones is 1. The van der Waals surface area contributed by atoms with E-state index in [9.17, 15) is 19.8 Å². The number of likely N-dealkylation sites (tertiary alicyclic amines) is 1. The maximum Gasteiger partial charge on any atom is 0.295 e. The van der Waals surface area contributed by atoms with Crippen LogP contribution in [-0.4, -0.2) is 33.3 Å². The minimum absolute atomic E-state index is 0.0540. The summed E-state index contributed by atoms with van der Waals surface area (Å²) in [6.45, 7) is 2.33. The van der Waals surface area contributed by atoms with Crippen molar-refractivity contribution in [3.63, 3.8) is 0 Å². The molecule has 1 aliphatic carbocycles. The maximum atomic E-state index is 12.9. The standard InChI is InChI=1S/C24H25NO4/c1-2-12-25-21(17-8-5-9-19(26)14-17)20(23(28)24(25)29)22(27)18-11-10-15-6-3-4-7-16(15)13-18/h5,8-11,13-14,21,26-27H,2-4,6-7,12H2,1H3/b22-20-. The Morgan fingerprint density at radius 3 is 2.55 bits per heavy atom. The van der Waals surface area contributed by atoms with Crippen LogP contribution < -0.4 is 0 Å². The minimum atomic E-state index is -0.710. The number of fused-ring (bicyclic) bond motifs is 1. The lowest BCUT2D eigenvalue weighted by molar-refractivity contribution is -0.139. The summed E-state index contributed by atoms with van der Waals surface area (Å²) in [5.74, 6) is -1.39. The molecule has 5 heteroatoms. The van der Waals surface area contributed by atoms with E-state index in [0.29, 0.717) is 24.1 Å². The van der Waals surface area contributed by atoms with Gasteiger partial charge in [0.15, 0.2) is 0 Å². The second-order valence-corrected chi connectivity index (χ2v) is 7.78. The third kappa shape index (κ3) is 3.41. The molecule has 2 aliphatic rings. The van der Waals surface area contributed by atoms with E-state index < -0.39 is 17.7 Å². The van der Waals surface area contributed by atoms with Crippen LogP contribution in [0.4, 0.5) is 0 Å². The van der Waals surface area contributed by atoms with Gasteiger partial charge < -0.3 is 15.1 Å². The number of carbonyl (C=O) groups excluding carboxylic acids is 2. The number of phenols is 1. The highest BCUT2D eigenvalue weighted by Gasteiger charge is 2.45. The lowest BCUT2D eigenvalue weighted by Crippen LogP contribution is -2.30. The van der Waals surface area contributed by atoms with E-state index in [0.717, 1.165) is 25.7 Å². The van der Waals surface area contributed by atoms with Crippen LogP contribution in [-0.2, 0) is 22.4 Å². The largest absolute Gasteiger partial charge is 0.508 e. The molecule has 0 aromatic heterocycles. The molecule has 1 aliphatic heterocycles. The van der Waals surface area contributed by atoms with Crippen LogP contribution in [0.25, 0.3) is 5.76 Å². The number of amides is 1. The fraction of sp³-hybridized carbons (Fsp3) is 0.333. The minimum Gasteiger partial charge on any atom is -0.508 e. The summed E-state index contributed by atoms with van der Waals surface area (Å²) in [6, 6.07) is 11.6. The predicted octanol–water partition coefficient (Wildman–Crippen LogP) is 4.10. The first kappa shape index (κ1) is 19.2. The molecule has 29 heavy (non-hydrogen) atoms. The van der Waals surface area contributed by atoms with Crippen molar-refractivity contribution in [2.75, 3.05) is 6.54 Å². The van der Waals surface area contributed by atoms with Gasteiger partial charge in [-0.1, -0.05) is 31.2 Å². The molecule has 5 nitrogen and oxygen atoms in total. The Morgan fingerprint density at radius 1 is 1.07 bits per heavy atom. The number of aliphatic hydroxyl groups is 1. The van der Waals surface area contributed by atoms with Crippen molar-refractivity contribution in [2.45, 2.75) is 45.1 Å². The lowest BCUT2D eigenvalue weighted by Gasteiger charge is -2.25. The molecule has 2 aromatic carbocycles. The molecule has 1 atom stereocenters. The number of hydrogen-bond acceptors (Lipinski definition) is 4. The first-order valence-electron chi connectivity index (χ1n) is 10.2. The molecule has 1 unspecified atom stereocenters. The highest BCUT2D eigenvalue weighted by atomic mass is 16.3. The SMILES string of the molecule is CCCN1C(=O)C(=O)/C(=C(\O)c2ccc3c(c2)CCCC3)C1c1cccc(O)c1. The fourth-order valence-corrected chi connectivity index (χ4v) is 4.43. The number of hydrogen-bond donors (Lipinski definition) is 2. The molecule has 1 amide bonds. The Morgan fingerprint density at radius 2 is 1.83 bits per heavy atom. The summed E-state index contributed by atoms with van der Waals surface area (Å²) in [6.07, 6.45) is 4.94. The normalized spacial score (nSPS) is 20.7. The molecule has 4 rings (SSSR count). The third-order valence-electron chi connectivity index (χ3n) is 5.81. The van der Waals surface area contributed by atoms with Gasteiger partial charge in [0.1, 0.15) is 11.5 Å². The Kier molecular flexibility index (Phi) is 5.14. The molecule has 1 saturated heterocycles. The summed E-state index contributed by atoms with van der Waals surface area (Å²) >= 11 is 0. The molecule has 2 aromatic rings. The molecule has 1 heterocycles. The zero-order chi connectivity index (χ0) is 20.5. The van der Waals surface area contributed by atoms with E-state index in [1.165, 1.54) is 16.0 Å². The van der Waals surface area contributed by atoms with Crippen molar-refractivity contribution >= 4 is 17.4 Å². The number of aliphatic hydroxyl groups excluding tert-OH is 1. The second-order valence-electron chi connectivity index (χ2n) is 7.78. The Labute approximate surface area is 170 Å². The lowest BCUT2D eigenvalue weighted by atomic mass is 9.88. The van der Waals surface area contributed by atoms with Gasteiger partial charge in [-0.2, -0.15) is 0 Å². The molecule has 1 fully saturated rings. The summed E-state index contributed by atoms with van der Waals surface area (Å²) in [4.78, 5) is 27.1. The third-order valence-corrected chi connectivity index (χ3v) is 5.81. The zero-order valence-electron chi connectivity index (χ0n) is 16.5. The van der Waals surface area contributed by atoms with Crippen molar-refractivity contribution in [2.24, 2.45) is 0 Å². The highest BCUT2D eigenvalue weighted by molar-refractivity contribution is 6.46. The number of Topliss-reactive ketones (excluding diaryl/α,β-unsaturated/α-hetero) is 1. The Hall–Kier alpha value is -3.08. The van der Waals surface area contributed by atoms with Gasteiger partial charge >= 0.3 is 0 Å². The van der Waals surface area contributed by atoms with E-state index in [4.69, 9.17) is 0 Å². The molecule has 150 valence electrons. The van der Waals surface area contributed by atoms with Crippen LogP contribution in [0.2, 0.25) is 0 Å². The van der Waals surface area contributed by atoms with Gasteiger partial charge in [0.05, 0.1) is 11.6 Å². The van der Waals surface area contributed by atoms with Crippen molar-refractivity contribution in [3.05, 3.63) is 70.3 Å². The van der Waals surface area contributed by atoms with Gasteiger partial charge in [0.25, 0.3) is 11.7 Å². The molecule has 2 N–H and O–H groups in total. The van der Waals surface area contributed by atoms with Crippen LogP contribution in [0, 0.1) is 0 Å². The van der Waals surface area contributed by atoms with Gasteiger partial charge in [-0.15, -0.1) is 0 Å². The average Bonchev–Trinajstić information content (AvgIpc) is 2.98. The number of rotatable bonds is 4. The average molecular weight is 391 g/mol. The smallest absolute Gasteiger partial charge is 0.295 e. The van der Waals surface area contributed by atoms with Crippen LogP contribution in [0.15, 0.2) is 48.0 Å². The molecule has 0 saturated carbocycles. The Balaban J connectivity index is 1.86. The molecular weight excluding hydrogens is 366 g/mol. The first-order chi connectivity index (χ1) is 14.0. The summed E-state index contributed by atoms with van der Waals surface area (Å²) in [5, 5.41) is 21.0. The van der Waals surface area contributed by atoms with Crippen molar-refractivity contribution in [3.8, 4) is 5.75 Å². The first-order valence-corrected chi connectivity index (χ1v) is 10.2. The topological polar surface area (TPSA) is 77.8 Å². The molecular formula is C24H25NO4. The second kappa shape index (κ2) is 7.74. The summed E-state index contributed by atoms with van der Waals surface area (Å²) < 4.78 is 0. The number of nitrogens with zero attached hydrogens (tertiary/aromatic N) is 1. The summed E-state index contributed by atoms with van der Waals surface area (Å²) in [7, 11) is 0. The number of benzene rings is 2. The Bertz CT molecular complexity index is 1010.